The second-order valence-corrected chi connectivity index (χ2v) is 5.41. The number of ether oxygens (including phenoxy) is 1. The van der Waals surface area contributed by atoms with Crippen molar-refractivity contribution < 1.29 is 19.4 Å². The van der Waals surface area contributed by atoms with Crippen LogP contribution < -0.4 is 5.32 Å². The van der Waals surface area contributed by atoms with E-state index in [2.05, 4.69) is 5.32 Å². The lowest BCUT2D eigenvalue weighted by molar-refractivity contribution is -0.143. The fourth-order valence-corrected chi connectivity index (χ4v) is 2.77. The lowest BCUT2D eigenvalue weighted by Crippen LogP contribution is -2.43. The molecule has 1 aliphatic carbocycles. The van der Waals surface area contributed by atoms with E-state index < -0.39 is 5.97 Å². The number of carbonyl (C=O) groups is 2. The van der Waals surface area contributed by atoms with E-state index in [1.54, 1.807) is 0 Å². The van der Waals surface area contributed by atoms with Crippen LogP contribution in [-0.4, -0.2) is 35.2 Å². The molecule has 0 unspecified atom stereocenters. The Bertz CT molecular complexity index is 323. The summed E-state index contributed by atoms with van der Waals surface area (Å²) < 4.78 is 5.52. The van der Waals surface area contributed by atoms with Crippen molar-refractivity contribution in [3.8, 4) is 0 Å². The van der Waals surface area contributed by atoms with Gasteiger partial charge in [-0.2, -0.15) is 0 Å². The van der Waals surface area contributed by atoms with Gasteiger partial charge in [0, 0.05) is 6.04 Å². The number of aliphatic carboxylic acids is 1. The highest BCUT2D eigenvalue weighted by molar-refractivity contribution is 5.81. The zero-order valence-electron chi connectivity index (χ0n) is 10.7. The van der Waals surface area contributed by atoms with E-state index in [0.717, 1.165) is 25.7 Å². The van der Waals surface area contributed by atoms with E-state index in [4.69, 9.17) is 9.84 Å². The van der Waals surface area contributed by atoms with Crippen LogP contribution in [0.15, 0.2) is 0 Å². The number of carboxylic acids is 1. The normalized spacial score (nSPS) is 36.3. The number of carboxylic acid groups (broad SMARTS) is 1. The standard InChI is InChI=1S/C13H21NO4/c1-8-2-7-11(18-8)12(15)14-10-5-3-9(4-6-10)13(16)17/h8-11H,2-7H2,1H3,(H,14,15)(H,16,17)/t8-,9?,10?,11+/m0/s1. The Balaban J connectivity index is 1.74. The summed E-state index contributed by atoms with van der Waals surface area (Å²) in [6.45, 7) is 1.98. The fraction of sp³-hybridized carbons (Fsp3) is 0.846. The highest BCUT2D eigenvalue weighted by atomic mass is 16.5. The predicted octanol–water partition coefficient (Wildman–Crippen LogP) is 1.31. The first-order chi connectivity index (χ1) is 8.56. The van der Waals surface area contributed by atoms with Gasteiger partial charge in [0.25, 0.3) is 0 Å². The second-order valence-electron chi connectivity index (χ2n) is 5.41. The number of nitrogens with one attached hydrogen (secondary N) is 1. The molecule has 5 nitrogen and oxygen atoms in total. The first kappa shape index (κ1) is 13.3. The molecular formula is C13H21NO4. The zero-order chi connectivity index (χ0) is 13.1. The van der Waals surface area contributed by atoms with Crippen molar-refractivity contribution in [2.75, 3.05) is 0 Å². The van der Waals surface area contributed by atoms with Gasteiger partial charge in [0.1, 0.15) is 6.10 Å². The molecule has 0 aromatic heterocycles. The molecule has 2 atom stereocenters. The number of amides is 1. The summed E-state index contributed by atoms with van der Waals surface area (Å²) in [5.41, 5.74) is 0. The van der Waals surface area contributed by atoms with Crippen molar-refractivity contribution >= 4 is 11.9 Å². The average Bonchev–Trinajstić information content (AvgIpc) is 2.76. The van der Waals surface area contributed by atoms with Gasteiger partial charge in [-0.05, 0) is 45.4 Å². The zero-order valence-corrected chi connectivity index (χ0v) is 10.7. The van der Waals surface area contributed by atoms with Crippen LogP contribution in [-0.2, 0) is 14.3 Å². The average molecular weight is 255 g/mol. The summed E-state index contributed by atoms with van der Waals surface area (Å²) in [5.74, 6) is -0.980. The van der Waals surface area contributed by atoms with Crippen LogP contribution in [0.2, 0.25) is 0 Å². The van der Waals surface area contributed by atoms with Gasteiger partial charge in [-0.15, -0.1) is 0 Å². The molecule has 0 radical (unpaired) electrons. The van der Waals surface area contributed by atoms with Gasteiger partial charge in [-0.25, -0.2) is 0 Å². The molecule has 2 fully saturated rings. The molecule has 0 aromatic rings. The summed E-state index contributed by atoms with van der Waals surface area (Å²) in [5, 5.41) is 11.9. The van der Waals surface area contributed by atoms with Crippen LogP contribution in [0.25, 0.3) is 0 Å². The largest absolute Gasteiger partial charge is 0.481 e. The van der Waals surface area contributed by atoms with Gasteiger partial charge in [0.05, 0.1) is 12.0 Å². The lowest BCUT2D eigenvalue weighted by atomic mass is 9.86. The molecule has 2 rings (SSSR count). The summed E-state index contributed by atoms with van der Waals surface area (Å²) in [4.78, 5) is 22.7. The van der Waals surface area contributed by atoms with E-state index in [0.29, 0.717) is 12.8 Å². The van der Waals surface area contributed by atoms with Crippen LogP contribution in [0, 0.1) is 5.92 Å². The molecule has 1 heterocycles. The quantitative estimate of drug-likeness (QED) is 0.797. The molecule has 1 amide bonds. The molecule has 0 aromatic carbocycles. The molecule has 1 saturated carbocycles. The summed E-state index contributed by atoms with van der Waals surface area (Å²) in [6.07, 6.45) is 4.41. The minimum absolute atomic E-state index is 0.0295. The highest BCUT2D eigenvalue weighted by Gasteiger charge is 2.31. The fourth-order valence-electron chi connectivity index (χ4n) is 2.77. The SMILES string of the molecule is C[C@H]1CC[C@H](C(=O)NC2CCC(C(=O)O)CC2)O1. The number of carbonyl (C=O) groups excluding carboxylic acids is 1. The van der Waals surface area contributed by atoms with E-state index in [9.17, 15) is 9.59 Å². The van der Waals surface area contributed by atoms with Crippen LogP contribution in [0.3, 0.4) is 0 Å². The number of rotatable bonds is 3. The molecule has 5 heteroatoms. The summed E-state index contributed by atoms with van der Waals surface area (Å²) in [6, 6.07) is 0.118. The van der Waals surface area contributed by atoms with Crippen molar-refractivity contribution in [2.24, 2.45) is 5.92 Å². The van der Waals surface area contributed by atoms with Crippen LogP contribution in [0.4, 0.5) is 0 Å². The van der Waals surface area contributed by atoms with Crippen molar-refractivity contribution in [1.29, 1.82) is 0 Å². The molecule has 1 saturated heterocycles. The van der Waals surface area contributed by atoms with Gasteiger partial charge in [0.2, 0.25) is 5.91 Å². The van der Waals surface area contributed by atoms with Gasteiger partial charge in [0.15, 0.2) is 0 Å². The Hall–Kier alpha value is -1.10. The van der Waals surface area contributed by atoms with Gasteiger partial charge < -0.3 is 15.2 Å². The maximum atomic E-state index is 11.9. The minimum Gasteiger partial charge on any atom is -0.481 e. The number of hydrogen-bond acceptors (Lipinski definition) is 3. The van der Waals surface area contributed by atoms with Gasteiger partial charge in [-0.1, -0.05) is 0 Å². The molecule has 1 aliphatic heterocycles. The van der Waals surface area contributed by atoms with E-state index in [1.807, 2.05) is 6.92 Å². The summed E-state index contributed by atoms with van der Waals surface area (Å²) in [7, 11) is 0. The number of hydrogen-bond donors (Lipinski definition) is 2. The Morgan fingerprint density at radius 3 is 2.28 bits per heavy atom. The Kier molecular flexibility index (Phi) is 4.22. The Morgan fingerprint density at radius 1 is 1.11 bits per heavy atom. The van der Waals surface area contributed by atoms with E-state index >= 15 is 0 Å². The second kappa shape index (κ2) is 5.69. The van der Waals surface area contributed by atoms with Crippen LogP contribution in [0.1, 0.15) is 45.4 Å². The molecular weight excluding hydrogens is 234 g/mol. The first-order valence-electron chi connectivity index (χ1n) is 6.75. The van der Waals surface area contributed by atoms with Crippen LogP contribution in [0.5, 0.6) is 0 Å². The molecule has 0 bridgehead atoms. The minimum atomic E-state index is -0.715. The van der Waals surface area contributed by atoms with Gasteiger partial charge >= 0.3 is 5.97 Å². The molecule has 2 N–H and O–H groups in total. The monoisotopic (exact) mass is 255 g/mol. The smallest absolute Gasteiger partial charge is 0.306 e. The molecule has 18 heavy (non-hydrogen) atoms. The Morgan fingerprint density at radius 2 is 1.78 bits per heavy atom. The third-order valence-electron chi connectivity index (χ3n) is 3.95. The van der Waals surface area contributed by atoms with Gasteiger partial charge in [-0.3, -0.25) is 9.59 Å². The topological polar surface area (TPSA) is 75.6 Å². The molecule has 0 spiro atoms. The maximum Gasteiger partial charge on any atom is 0.306 e. The van der Waals surface area contributed by atoms with Crippen LogP contribution >= 0.6 is 0 Å². The Labute approximate surface area is 107 Å². The third kappa shape index (κ3) is 3.22. The van der Waals surface area contributed by atoms with Crippen molar-refractivity contribution in [2.45, 2.75) is 63.7 Å². The van der Waals surface area contributed by atoms with Crippen molar-refractivity contribution in [1.82, 2.24) is 5.32 Å². The predicted molar refractivity (Wildman–Crippen MR) is 65.1 cm³/mol. The van der Waals surface area contributed by atoms with Crippen molar-refractivity contribution in [3.63, 3.8) is 0 Å². The molecule has 102 valence electrons. The lowest BCUT2D eigenvalue weighted by Gasteiger charge is -2.27. The first-order valence-corrected chi connectivity index (χ1v) is 6.75. The van der Waals surface area contributed by atoms with Crippen molar-refractivity contribution in [3.05, 3.63) is 0 Å². The van der Waals surface area contributed by atoms with E-state index in [-0.39, 0.29) is 30.1 Å². The van der Waals surface area contributed by atoms with E-state index in [1.165, 1.54) is 0 Å². The highest BCUT2D eigenvalue weighted by Crippen LogP contribution is 2.25. The molecule has 2 aliphatic rings. The third-order valence-corrected chi connectivity index (χ3v) is 3.95. The summed E-state index contributed by atoms with van der Waals surface area (Å²) >= 11 is 0. The maximum absolute atomic E-state index is 11.9.